The zero-order chi connectivity index (χ0) is 10.3. The third kappa shape index (κ3) is 4.49. The lowest BCUT2D eigenvalue weighted by Crippen LogP contribution is -2.20. The third-order valence-corrected chi connectivity index (χ3v) is 1.78. The maximum absolute atomic E-state index is 11.3. The van der Waals surface area contributed by atoms with Crippen LogP contribution in [0.4, 0.5) is 0 Å². The van der Waals surface area contributed by atoms with Crippen molar-refractivity contribution in [2.24, 2.45) is 0 Å². The monoisotopic (exact) mass is 180 g/mol. The maximum Gasteiger partial charge on any atom is 0.195 e. The fraction of sp³-hybridized carbons (Fsp3) is 0.545. The largest absolute Gasteiger partial charge is 0.385 e. The Labute approximate surface area is 79.3 Å². The first-order chi connectivity index (χ1) is 6.13. The van der Waals surface area contributed by atoms with Crippen LogP contribution in [0.15, 0.2) is 23.6 Å². The zero-order valence-electron chi connectivity index (χ0n) is 8.26. The van der Waals surface area contributed by atoms with Crippen molar-refractivity contribution >= 4 is 5.78 Å². The van der Waals surface area contributed by atoms with Crippen molar-refractivity contribution in [2.75, 3.05) is 0 Å². The molecule has 13 heavy (non-hydrogen) atoms. The van der Waals surface area contributed by atoms with Crippen LogP contribution in [-0.2, 0) is 4.79 Å². The molecule has 0 bridgehead atoms. The van der Waals surface area contributed by atoms with Gasteiger partial charge >= 0.3 is 0 Å². The number of carbonyl (C=O) groups is 1. The number of hydrogen-bond donors (Lipinski definition) is 1. The van der Waals surface area contributed by atoms with Crippen LogP contribution < -0.4 is 0 Å². The lowest BCUT2D eigenvalue weighted by molar-refractivity contribution is -0.123. The van der Waals surface area contributed by atoms with Gasteiger partial charge in [-0.25, -0.2) is 0 Å². The van der Waals surface area contributed by atoms with Crippen molar-refractivity contribution in [2.45, 2.75) is 39.2 Å². The van der Waals surface area contributed by atoms with E-state index in [-0.39, 0.29) is 5.78 Å². The van der Waals surface area contributed by atoms with Gasteiger partial charge < -0.3 is 5.11 Å². The van der Waals surface area contributed by atoms with E-state index >= 15 is 0 Å². The standard InChI is InChI=1S/C11H16O2/c1-4-6-8-10(12)11(13)9(3)7-5-2/h10,12H,2,4,6,8H2,1,3H3. The summed E-state index contributed by atoms with van der Waals surface area (Å²) in [4.78, 5) is 11.3. The number of ketones is 1. The molecule has 1 N–H and O–H groups in total. The predicted octanol–water partition coefficient (Wildman–Crippen LogP) is 1.99. The van der Waals surface area contributed by atoms with E-state index in [0.717, 1.165) is 12.8 Å². The molecule has 0 aromatic rings. The van der Waals surface area contributed by atoms with Gasteiger partial charge in [-0.15, -0.1) is 0 Å². The van der Waals surface area contributed by atoms with E-state index in [4.69, 9.17) is 0 Å². The highest BCUT2D eigenvalue weighted by Gasteiger charge is 2.15. The van der Waals surface area contributed by atoms with E-state index in [2.05, 4.69) is 18.0 Å². The minimum atomic E-state index is -0.888. The molecular formula is C11H16O2. The van der Waals surface area contributed by atoms with Crippen molar-refractivity contribution in [1.29, 1.82) is 0 Å². The first kappa shape index (κ1) is 11.9. The minimum Gasteiger partial charge on any atom is -0.385 e. The van der Waals surface area contributed by atoms with E-state index in [1.165, 1.54) is 0 Å². The van der Waals surface area contributed by atoms with Gasteiger partial charge in [-0.3, -0.25) is 4.79 Å². The SMILES string of the molecule is C=C=C=C(C)C(=O)C(O)CCCC. The second-order valence-corrected chi connectivity index (χ2v) is 2.95. The quantitative estimate of drug-likeness (QED) is 0.519. The van der Waals surface area contributed by atoms with Crippen LogP contribution in [0.5, 0.6) is 0 Å². The average molecular weight is 180 g/mol. The van der Waals surface area contributed by atoms with Crippen LogP contribution in [0.3, 0.4) is 0 Å². The highest BCUT2D eigenvalue weighted by molar-refractivity contribution is 5.97. The molecule has 0 aliphatic carbocycles. The van der Waals surface area contributed by atoms with Gasteiger partial charge in [0.1, 0.15) is 6.10 Å². The number of aliphatic hydroxyl groups excluding tert-OH is 1. The summed E-state index contributed by atoms with van der Waals surface area (Å²) in [5, 5.41) is 9.39. The van der Waals surface area contributed by atoms with E-state index in [9.17, 15) is 9.90 Å². The molecule has 2 nitrogen and oxygen atoms in total. The summed E-state index contributed by atoms with van der Waals surface area (Å²) < 4.78 is 0. The van der Waals surface area contributed by atoms with Crippen molar-refractivity contribution in [3.63, 3.8) is 0 Å². The van der Waals surface area contributed by atoms with Crippen LogP contribution in [0.2, 0.25) is 0 Å². The topological polar surface area (TPSA) is 37.3 Å². The van der Waals surface area contributed by atoms with Crippen LogP contribution in [0.1, 0.15) is 33.1 Å². The average Bonchev–Trinajstić information content (AvgIpc) is 2.13. The number of aliphatic hydroxyl groups is 1. The fourth-order valence-electron chi connectivity index (χ4n) is 0.973. The van der Waals surface area contributed by atoms with Gasteiger partial charge in [-0.2, -0.15) is 0 Å². The van der Waals surface area contributed by atoms with Crippen molar-refractivity contribution in [3.05, 3.63) is 23.6 Å². The van der Waals surface area contributed by atoms with Crippen LogP contribution in [-0.4, -0.2) is 17.0 Å². The fourth-order valence-corrected chi connectivity index (χ4v) is 0.973. The molecule has 0 aromatic carbocycles. The van der Waals surface area contributed by atoms with E-state index in [1.54, 1.807) is 6.92 Å². The number of rotatable bonds is 5. The third-order valence-electron chi connectivity index (χ3n) is 1.78. The van der Waals surface area contributed by atoms with Gasteiger partial charge in [-0.05, 0) is 19.9 Å². The summed E-state index contributed by atoms with van der Waals surface area (Å²) in [7, 11) is 0. The highest BCUT2D eigenvalue weighted by atomic mass is 16.3. The van der Waals surface area contributed by atoms with Crippen molar-refractivity contribution in [1.82, 2.24) is 0 Å². The van der Waals surface area contributed by atoms with Crippen LogP contribution in [0, 0.1) is 0 Å². The van der Waals surface area contributed by atoms with Crippen molar-refractivity contribution in [3.8, 4) is 0 Å². The molecule has 0 radical (unpaired) electrons. The predicted molar refractivity (Wildman–Crippen MR) is 52.4 cm³/mol. The molecule has 72 valence electrons. The van der Waals surface area contributed by atoms with Gasteiger partial charge in [0.2, 0.25) is 0 Å². The smallest absolute Gasteiger partial charge is 0.195 e. The summed E-state index contributed by atoms with van der Waals surface area (Å²) in [6, 6.07) is 0. The highest BCUT2D eigenvalue weighted by Crippen LogP contribution is 2.05. The molecule has 0 aliphatic heterocycles. The number of Topliss-reactive ketones (excluding diaryl/α,β-unsaturated/α-hetero) is 1. The lowest BCUT2D eigenvalue weighted by Gasteiger charge is -2.06. The first-order valence-electron chi connectivity index (χ1n) is 4.47. The molecule has 0 aliphatic rings. The Kier molecular flexibility index (Phi) is 5.92. The molecule has 0 spiro atoms. The van der Waals surface area contributed by atoms with Gasteiger partial charge in [0.05, 0.1) is 0 Å². The molecule has 0 aromatic heterocycles. The Hall–Kier alpha value is -1.07. The molecule has 0 saturated heterocycles. The second-order valence-electron chi connectivity index (χ2n) is 2.95. The second kappa shape index (κ2) is 6.45. The van der Waals surface area contributed by atoms with Gasteiger partial charge in [0.25, 0.3) is 0 Å². The number of unbranched alkanes of at least 4 members (excludes halogenated alkanes) is 1. The van der Waals surface area contributed by atoms with Gasteiger partial charge in [-0.1, -0.05) is 31.2 Å². The molecule has 0 fully saturated rings. The van der Waals surface area contributed by atoms with Crippen LogP contribution in [0.25, 0.3) is 0 Å². The Morgan fingerprint density at radius 1 is 1.62 bits per heavy atom. The Bertz CT molecular complexity index is 253. The van der Waals surface area contributed by atoms with Gasteiger partial charge in [0, 0.05) is 5.57 Å². The molecule has 0 saturated carbocycles. The maximum atomic E-state index is 11.3. The molecule has 0 rings (SSSR count). The van der Waals surface area contributed by atoms with E-state index in [0.29, 0.717) is 12.0 Å². The molecule has 2 heteroatoms. The van der Waals surface area contributed by atoms with Crippen LogP contribution >= 0.6 is 0 Å². The molecule has 1 atom stereocenters. The molecule has 0 heterocycles. The Morgan fingerprint density at radius 3 is 2.69 bits per heavy atom. The molecular weight excluding hydrogens is 164 g/mol. The summed E-state index contributed by atoms with van der Waals surface area (Å²) in [6.07, 6.45) is 1.47. The zero-order valence-corrected chi connectivity index (χ0v) is 8.26. The summed E-state index contributed by atoms with van der Waals surface area (Å²) in [6.45, 7) is 6.94. The number of hydrogen-bond acceptors (Lipinski definition) is 2. The van der Waals surface area contributed by atoms with E-state index in [1.807, 2.05) is 6.92 Å². The summed E-state index contributed by atoms with van der Waals surface area (Å²) in [5.74, 6) is -0.274. The summed E-state index contributed by atoms with van der Waals surface area (Å²) >= 11 is 0. The normalized spacial score (nSPS) is 11.3. The Morgan fingerprint density at radius 2 is 2.23 bits per heavy atom. The summed E-state index contributed by atoms with van der Waals surface area (Å²) in [5.41, 5.74) is 5.33. The number of carbonyl (C=O) groups excluding carboxylic acids is 1. The molecule has 1 unspecified atom stereocenters. The molecule has 0 amide bonds. The van der Waals surface area contributed by atoms with Crippen molar-refractivity contribution < 1.29 is 9.90 Å². The first-order valence-corrected chi connectivity index (χ1v) is 4.47. The minimum absolute atomic E-state index is 0.274. The van der Waals surface area contributed by atoms with E-state index < -0.39 is 6.10 Å². The van der Waals surface area contributed by atoms with Gasteiger partial charge in [0.15, 0.2) is 5.78 Å². The lowest BCUT2D eigenvalue weighted by atomic mass is 10.0. The Balaban J connectivity index is 4.26.